The van der Waals surface area contributed by atoms with Crippen molar-refractivity contribution in [2.45, 2.75) is 51.5 Å². The molecule has 0 saturated carbocycles. The summed E-state index contributed by atoms with van der Waals surface area (Å²) in [7, 11) is 2.95. The molecule has 1 aliphatic rings. The molecule has 0 spiro atoms. The van der Waals surface area contributed by atoms with Crippen molar-refractivity contribution in [1.29, 1.82) is 0 Å². The van der Waals surface area contributed by atoms with Gasteiger partial charge in [-0.05, 0) is 33.3 Å². The molecule has 0 N–H and O–H groups in total. The number of amides is 1. The van der Waals surface area contributed by atoms with Gasteiger partial charge in [-0.25, -0.2) is 4.79 Å². The smallest absolute Gasteiger partial charge is 0.328 e. The maximum Gasteiger partial charge on any atom is 0.328 e. The van der Waals surface area contributed by atoms with Gasteiger partial charge < -0.3 is 14.4 Å². The third-order valence-corrected chi connectivity index (χ3v) is 4.98. The molecule has 0 radical (unpaired) electrons. The molecule has 3 atom stereocenters. The van der Waals surface area contributed by atoms with E-state index in [1.807, 2.05) is 51.1 Å². The van der Waals surface area contributed by atoms with Gasteiger partial charge in [0.05, 0.1) is 25.8 Å². The van der Waals surface area contributed by atoms with Crippen LogP contribution in [0.25, 0.3) is 0 Å². The number of benzene rings is 1. The second kappa shape index (κ2) is 7.54. The van der Waals surface area contributed by atoms with Crippen LogP contribution in [0.5, 0.6) is 0 Å². The first-order chi connectivity index (χ1) is 11.7. The van der Waals surface area contributed by atoms with E-state index in [0.717, 1.165) is 5.56 Å². The van der Waals surface area contributed by atoms with Gasteiger partial charge in [0, 0.05) is 7.05 Å². The summed E-state index contributed by atoms with van der Waals surface area (Å²) in [5.74, 6) is -0.572. The van der Waals surface area contributed by atoms with Crippen molar-refractivity contribution in [2.24, 2.45) is 0 Å². The molecule has 1 saturated heterocycles. The molecule has 1 aromatic rings. The Morgan fingerprint density at radius 1 is 1.28 bits per heavy atom. The lowest BCUT2D eigenvalue weighted by Gasteiger charge is -2.39. The van der Waals surface area contributed by atoms with Crippen molar-refractivity contribution in [2.75, 3.05) is 20.8 Å². The van der Waals surface area contributed by atoms with E-state index in [0.29, 0.717) is 6.61 Å². The fraction of sp³-hybridized carbons (Fsp3) is 0.579. The lowest BCUT2D eigenvalue weighted by molar-refractivity contribution is -0.155. The average Bonchev–Trinajstić information content (AvgIpc) is 2.94. The molecule has 3 unspecified atom stereocenters. The second-order valence-electron chi connectivity index (χ2n) is 6.92. The molecule has 1 fully saturated rings. The lowest BCUT2D eigenvalue weighted by atomic mass is 10.0. The predicted molar refractivity (Wildman–Crippen MR) is 94.8 cm³/mol. The number of ether oxygens (including phenoxy) is 2. The van der Waals surface area contributed by atoms with Crippen LogP contribution in [-0.4, -0.2) is 60.2 Å². The molecule has 138 valence electrons. The average molecular weight is 348 g/mol. The first-order valence-corrected chi connectivity index (χ1v) is 8.52. The standard InChI is InChI=1S/C19H28N2O4/c1-13(17(22)20(5)14(2)18(23)24-6)21-16(12-25-19(21,3)4)15-10-8-7-9-11-15/h7-11,13-14,16H,12H2,1-6H3. The Kier molecular flexibility index (Phi) is 5.85. The summed E-state index contributed by atoms with van der Waals surface area (Å²) >= 11 is 0. The third kappa shape index (κ3) is 3.85. The van der Waals surface area contributed by atoms with E-state index < -0.39 is 23.8 Å². The van der Waals surface area contributed by atoms with Crippen LogP contribution < -0.4 is 0 Å². The van der Waals surface area contributed by atoms with Crippen LogP contribution in [0.1, 0.15) is 39.3 Å². The molecular weight excluding hydrogens is 320 g/mol. The Hall–Kier alpha value is -1.92. The quantitative estimate of drug-likeness (QED) is 0.764. The molecule has 0 bridgehead atoms. The second-order valence-corrected chi connectivity index (χ2v) is 6.92. The molecule has 1 aromatic carbocycles. The normalized spacial score (nSPS) is 22.2. The zero-order valence-corrected chi connectivity index (χ0v) is 15.9. The number of methoxy groups -OCH3 is 1. The Morgan fingerprint density at radius 2 is 1.88 bits per heavy atom. The minimum absolute atomic E-state index is 0.0167. The van der Waals surface area contributed by atoms with Crippen molar-refractivity contribution in [3.63, 3.8) is 0 Å². The van der Waals surface area contributed by atoms with E-state index in [4.69, 9.17) is 9.47 Å². The minimum atomic E-state index is -0.637. The first kappa shape index (κ1) is 19.4. The summed E-state index contributed by atoms with van der Waals surface area (Å²) in [4.78, 5) is 28.2. The van der Waals surface area contributed by atoms with E-state index in [-0.39, 0.29) is 11.9 Å². The predicted octanol–water partition coefficient (Wildman–Crippen LogP) is 2.20. The van der Waals surface area contributed by atoms with E-state index in [2.05, 4.69) is 4.90 Å². The number of rotatable bonds is 5. The molecule has 1 amide bonds. The van der Waals surface area contributed by atoms with E-state index in [1.54, 1.807) is 14.0 Å². The molecular formula is C19H28N2O4. The van der Waals surface area contributed by atoms with Crippen molar-refractivity contribution >= 4 is 11.9 Å². The zero-order chi connectivity index (χ0) is 18.8. The van der Waals surface area contributed by atoms with E-state index in [9.17, 15) is 9.59 Å². The van der Waals surface area contributed by atoms with Gasteiger partial charge in [-0.1, -0.05) is 30.3 Å². The van der Waals surface area contributed by atoms with Gasteiger partial charge >= 0.3 is 5.97 Å². The van der Waals surface area contributed by atoms with Gasteiger partial charge in [0.15, 0.2) is 0 Å². The summed E-state index contributed by atoms with van der Waals surface area (Å²) in [6.07, 6.45) is 0. The van der Waals surface area contributed by atoms with Crippen LogP contribution in [0.4, 0.5) is 0 Å². The van der Waals surface area contributed by atoms with Crippen LogP contribution in [0.2, 0.25) is 0 Å². The van der Waals surface area contributed by atoms with Gasteiger partial charge in [-0.2, -0.15) is 0 Å². The third-order valence-electron chi connectivity index (χ3n) is 4.98. The summed E-state index contributed by atoms with van der Waals surface area (Å²) in [6, 6.07) is 8.92. The fourth-order valence-electron chi connectivity index (χ4n) is 3.41. The maximum atomic E-state index is 13.0. The summed E-state index contributed by atoms with van der Waals surface area (Å²) in [5.41, 5.74) is 0.529. The Balaban J connectivity index is 2.26. The Bertz CT molecular complexity index is 617. The summed E-state index contributed by atoms with van der Waals surface area (Å²) < 4.78 is 10.7. The summed E-state index contributed by atoms with van der Waals surface area (Å²) in [5, 5.41) is 0. The Morgan fingerprint density at radius 3 is 2.44 bits per heavy atom. The monoisotopic (exact) mass is 348 g/mol. The van der Waals surface area contributed by atoms with Gasteiger partial charge in [0.2, 0.25) is 5.91 Å². The van der Waals surface area contributed by atoms with Crippen LogP contribution in [-0.2, 0) is 19.1 Å². The molecule has 1 heterocycles. The SMILES string of the molecule is COC(=O)C(C)N(C)C(=O)C(C)N1C(c2ccccc2)COC1(C)C. The van der Waals surface area contributed by atoms with Gasteiger partial charge in [0.1, 0.15) is 11.8 Å². The fourth-order valence-corrected chi connectivity index (χ4v) is 3.41. The van der Waals surface area contributed by atoms with Gasteiger partial charge in [-0.15, -0.1) is 0 Å². The molecule has 2 rings (SSSR count). The van der Waals surface area contributed by atoms with Gasteiger partial charge in [0.25, 0.3) is 0 Å². The maximum absolute atomic E-state index is 13.0. The van der Waals surface area contributed by atoms with Crippen LogP contribution in [0.15, 0.2) is 30.3 Å². The highest BCUT2D eigenvalue weighted by atomic mass is 16.5. The number of hydrogen-bond donors (Lipinski definition) is 0. The van der Waals surface area contributed by atoms with Crippen molar-refractivity contribution in [3.8, 4) is 0 Å². The highest BCUT2D eigenvalue weighted by Gasteiger charge is 2.46. The summed E-state index contributed by atoms with van der Waals surface area (Å²) in [6.45, 7) is 7.96. The number of carbonyl (C=O) groups is 2. The number of nitrogens with zero attached hydrogens (tertiary/aromatic N) is 2. The minimum Gasteiger partial charge on any atom is -0.467 e. The number of esters is 1. The number of carbonyl (C=O) groups excluding carboxylic acids is 2. The molecule has 0 aliphatic carbocycles. The lowest BCUT2D eigenvalue weighted by Crippen LogP contribution is -2.55. The Labute approximate surface area is 149 Å². The van der Waals surface area contributed by atoms with Crippen molar-refractivity contribution < 1.29 is 19.1 Å². The first-order valence-electron chi connectivity index (χ1n) is 8.52. The number of hydrogen-bond acceptors (Lipinski definition) is 5. The van der Waals surface area contributed by atoms with Crippen LogP contribution >= 0.6 is 0 Å². The number of likely N-dealkylation sites (N-methyl/N-ethyl adjacent to an activating group) is 1. The zero-order valence-electron chi connectivity index (χ0n) is 15.9. The van der Waals surface area contributed by atoms with E-state index >= 15 is 0 Å². The van der Waals surface area contributed by atoms with Gasteiger partial charge in [-0.3, -0.25) is 9.69 Å². The van der Waals surface area contributed by atoms with Crippen LogP contribution in [0.3, 0.4) is 0 Å². The molecule has 6 heteroatoms. The highest BCUT2D eigenvalue weighted by Crippen LogP contribution is 2.38. The molecule has 6 nitrogen and oxygen atoms in total. The molecule has 1 aliphatic heterocycles. The topological polar surface area (TPSA) is 59.1 Å². The molecule has 0 aromatic heterocycles. The highest BCUT2D eigenvalue weighted by molar-refractivity contribution is 5.87. The largest absolute Gasteiger partial charge is 0.467 e. The van der Waals surface area contributed by atoms with Crippen LogP contribution in [0, 0.1) is 0 Å². The van der Waals surface area contributed by atoms with Crippen molar-refractivity contribution in [1.82, 2.24) is 9.80 Å². The van der Waals surface area contributed by atoms with Crippen molar-refractivity contribution in [3.05, 3.63) is 35.9 Å². The van der Waals surface area contributed by atoms with E-state index in [1.165, 1.54) is 12.0 Å². The molecule has 25 heavy (non-hydrogen) atoms.